The number of benzene rings is 3. The molecule has 38 heavy (non-hydrogen) atoms. The van der Waals surface area contributed by atoms with Gasteiger partial charge in [-0.15, -0.1) is 0 Å². The van der Waals surface area contributed by atoms with Gasteiger partial charge < -0.3 is 20.2 Å². The Hall–Kier alpha value is -3.75. The highest BCUT2D eigenvalue weighted by Gasteiger charge is 2.40. The van der Waals surface area contributed by atoms with E-state index in [4.69, 9.17) is 5.11 Å². The van der Waals surface area contributed by atoms with Crippen LogP contribution in [0, 0.1) is 18.8 Å². The van der Waals surface area contributed by atoms with E-state index in [-0.39, 0.29) is 22.1 Å². The molecule has 1 atom stereocenters. The molecule has 3 N–H and O–H groups in total. The Morgan fingerprint density at radius 1 is 1.00 bits per heavy atom. The average molecular weight is 512 g/mol. The van der Waals surface area contributed by atoms with Crippen LogP contribution in [-0.2, 0) is 17.4 Å². The van der Waals surface area contributed by atoms with E-state index in [0.717, 1.165) is 30.6 Å². The summed E-state index contributed by atoms with van der Waals surface area (Å²) in [5.41, 5.74) is 7.01. The number of nitrogens with zero attached hydrogens (tertiary/aromatic N) is 1. The highest BCUT2D eigenvalue weighted by atomic mass is 16.4. The van der Waals surface area contributed by atoms with E-state index in [1.807, 2.05) is 0 Å². The van der Waals surface area contributed by atoms with Gasteiger partial charge >= 0.3 is 5.97 Å². The lowest BCUT2D eigenvalue weighted by Crippen LogP contribution is -2.36. The predicted octanol–water partition coefficient (Wildman–Crippen LogP) is 6.47. The van der Waals surface area contributed by atoms with Crippen LogP contribution in [-0.4, -0.2) is 28.3 Å². The van der Waals surface area contributed by atoms with Gasteiger partial charge in [-0.3, -0.25) is 0 Å². The number of hydrogen-bond acceptors (Lipinski definition) is 4. The van der Waals surface area contributed by atoms with Gasteiger partial charge in [0.15, 0.2) is 0 Å². The van der Waals surface area contributed by atoms with E-state index in [9.17, 15) is 15.0 Å². The maximum absolute atomic E-state index is 11.2. The first-order valence-electron chi connectivity index (χ1n) is 13.0. The van der Waals surface area contributed by atoms with Crippen LogP contribution in [0.25, 0.3) is 0 Å². The molecule has 5 nitrogen and oxygen atoms in total. The van der Waals surface area contributed by atoms with Gasteiger partial charge in [0.2, 0.25) is 0 Å². The van der Waals surface area contributed by atoms with Gasteiger partial charge in [-0.25, -0.2) is 4.79 Å². The number of carboxylic acid groups (broad SMARTS) is 1. The molecule has 0 aliphatic heterocycles. The van der Waals surface area contributed by atoms with Gasteiger partial charge in [0, 0.05) is 24.8 Å². The first kappa shape index (κ1) is 27.3. The zero-order valence-corrected chi connectivity index (χ0v) is 23.1. The molecule has 198 valence electrons. The number of hydrogen-bond donors (Lipinski definition) is 3. The molecular formula is C33H37NO4. The number of aromatic hydroxyl groups is 1. The fraction of sp³-hybridized carbons (Fsp3) is 0.364. The third-order valence-corrected chi connectivity index (χ3v) is 7.77. The Labute approximate surface area is 225 Å². The summed E-state index contributed by atoms with van der Waals surface area (Å²) in [5.74, 6) is 4.24. The fourth-order valence-electron chi connectivity index (χ4n) is 5.31. The van der Waals surface area contributed by atoms with Crippen molar-refractivity contribution in [2.24, 2.45) is 0 Å². The number of fused-ring (bicyclic) bond motifs is 1. The van der Waals surface area contributed by atoms with Crippen LogP contribution < -0.4 is 4.90 Å². The molecule has 0 bridgehead atoms. The molecular weight excluding hydrogens is 474 g/mol. The normalized spacial score (nSPS) is 16.1. The van der Waals surface area contributed by atoms with Crippen LogP contribution in [0.15, 0.2) is 54.6 Å². The molecule has 0 spiro atoms. The van der Waals surface area contributed by atoms with Crippen molar-refractivity contribution in [3.63, 3.8) is 0 Å². The molecule has 0 amide bonds. The topological polar surface area (TPSA) is 81.0 Å². The summed E-state index contributed by atoms with van der Waals surface area (Å²) in [6.45, 7) is 12.0. The average Bonchev–Trinajstić information content (AvgIpc) is 2.86. The number of carboxylic acids is 1. The molecule has 0 radical (unpaired) electrons. The minimum absolute atomic E-state index is 0.0136. The second-order valence-electron chi connectivity index (χ2n) is 11.8. The van der Waals surface area contributed by atoms with Crippen molar-refractivity contribution >= 4 is 11.7 Å². The van der Waals surface area contributed by atoms with Gasteiger partial charge in [0.1, 0.15) is 17.4 Å². The Morgan fingerprint density at radius 2 is 1.66 bits per heavy atom. The van der Waals surface area contributed by atoms with Crippen molar-refractivity contribution in [3.05, 3.63) is 93.5 Å². The molecule has 3 aromatic rings. The van der Waals surface area contributed by atoms with Gasteiger partial charge in [0.05, 0.1) is 0 Å². The van der Waals surface area contributed by atoms with E-state index < -0.39 is 12.1 Å². The molecule has 1 unspecified atom stereocenters. The molecule has 0 fully saturated rings. The van der Waals surface area contributed by atoms with E-state index in [1.165, 1.54) is 40.5 Å². The Kier molecular flexibility index (Phi) is 7.32. The van der Waals surface area contributed by atoms with Crippen molar-refractivity contribution in [2.45, 2.75) is 70.9 Å². The number of aryl methyl sites for hydroxylation is 1. The van der Waals surface area contributed by atoms with Crippen LogP contribution in [0.5, 0.6) is 5.75 Å². The Balaban J connectivity index is 1.77. The quantitative estimate of drug-likeness (QED) is 0.342. The first-order valence-corrected chi connectivity index (χ1v) is 13.0. The molecule has 4 rings (SSSR count). The zero-order valence-electron chi connectivity index (χ0n) is 23.1. The lowest BCUT2D eigenvalue weighted by Gasteiger charge is -2.44. The molecule has 5 heteroatoms. The third-order valence-electron chi connectivity index (χ3n) is 7.77. The van der Waals surface area contributed by atoms with Crippen molar-refractivity contribution in [3.8, 4) is 17.6 Å². The lowest BCUT2D eigenvalue weighted by atomic mass is 9.62. The maximum atomic E-state index is 11.2. The predicted molar refractivity (Wildman–Crippen MR) is 152 cm³/mol. The smallest absolute Gasteiger partial charge is 0.339 e. The van der Waals surface area contributed by atoms with Crippen LogP contribution >= 0.6 is 0 Å². The molecule has 3 aromatic carbocycles. The van der Waals surface area contributed by atoms with Gasteiger partial charge in [0.25, 0.3) is 0 Å². The second kappa shape index (κ2) is 10.2. The van der Waals surface area contributed by atoms with Crippen LogP contribution in [0.4, 0.5) is 5.69 Å². The zero-order chi connectivity index (χ0) is 27.8. The molecule has 1 aliphatic carbocycles. The Bertz CT molecular complexity index is 1420. The van der Waals surface area contributed by atoms with E-state index in [2.05, 4.69) is 94.8 Å². The standard InChI is InChI=1S/C33H37NO4/c1-21-7-9-23(10-8-21)20-34(6)27-19-24(18-26-30(27)33(4,5)16-15-32(26,2)3)28(35)14-12-22-11-13-25(31(37)38)29(36)17-22/h7-11,13,17-19,28,35-36H,15-16,20H2,1-6H3,(H,37,38). The van der Waals surface area contributed by atoms with Crippen LogP contribution in [0.1, 0.15) is 90.4 Å². The van der Waals surface area contributed by atoms with E-state index in [1.54, 1.807) is 0 Å². The minimum Gasteiger partial charge on any atom is -0.507 e. The lowest BCUT2D eigenvalue weighted by molar-refractivity contribution is 0.0693. The molecule has 0 heterocycles. The van der Waals surface area contributed by atoms with Crippen LogP contribution in [0.2, 0.25) is 0 Å². The number of aliphatic hydroxyl groups excluding tert-OH is 1. The summed E-state index contributed by atoms with van der Waals surface area (Å²) in [6, 6.07) is 16.9. The summed E-state index contributed by atoms with van der Waals surface area (Å²) in [7, 11) is 2.10. The third kappa shape index (κ3) is 5.56. The summed E-state index contributed by atoms with van der Waals surface area (Å²) in [5, 5.41) is 30.3. The highest BCUT2D eigenvalue weighted by Crippen LogP contribution is 2.50. The number of rotatable bonds is 5. The largest absolute Gasteiger partial charge is 0.507 e. The fourth-order valence-corrected chi connectivity index (χ4v) is 5.31. The van der Waals surface area contributed by atoms with E-state index >= 15 is 0 Å². The molecule has 0 aromatic heterocycles. The summed E-state index contributed by atoms with van der Waals surface area (Å²) < 4.78 is 0. The van der Waals surface area contributed by atoms with Crippen LogP contribution in [0.3, 0.4) is 0 Å². The van der Waals surface area contributed by atoms with Gasteiger partial charge in [-0.1, -0.05) is 75.4 Å². The summed E-state index contributed by atoms with van der Waals surface area (Å²) in [4.78, 5) is 13.4. The SMILES string of the molecule is Cc1ccc(CN(C)c2cc(C(O)C#Cc3ccc(C(=O)O)c(O)c3)cc3c2C(C)(C)CCC3(C)C)cc1. The van der Waals surface area contributed by atoms with E-state index in [0.29, 0.717) is 5.56 Å². The molecule has 0 saturated heterocycles. The summed E-state index contributed by atoms with van der Waals surface area (Å²) in [6.07, 6.45) is 1.08. The van der Waals surface area contributed by atoms with Gasteiger partial charge in [-0.05, 0) is 77.1 Å². The second-order valence-corrected chi connectivity index (χ2v) is 11.8. The number of carbonyl (C=O) groups is 1. The minimum atomic E-state index is -1.20. The van der Waals surface area contributed by atoms with Crippen molar-refractivity contribution in [1.29, 1.82) is 0 Å². The highest BCUT2D eigenvalue weighted by molar-refractivity contribution is 5.90. The maximum Gasteiger partial charge on any atom is 0.339 e. The summed E-state index contributed by atoms with van der Waals surface area (Å²) >= 11 is 0. The van der Waals surface area contributed by atoms with Crippen molar-refractivity contribution in [2.75, 3.05) is 11.9 Å². The monoisotopic (exact) mass is 511 g/mol. The first-order chi connectivity index (χ1) is 17.8. The molecule has 1 aliphatic rings. The number of aromatic carboxylic acids is 1. The van der Waals surface area contributed by atoms with Crippen molar-refractivity contribution < 1.29 is 20.1 Å². The van der Waals surface area contributed by atoms with Gasteiger partial charge in [-0.2, -0.15) is 0 Å². The molecule has 0 saturated carbocycles. The number of phenols is 1. The Morgan fingerprint density at radius 3 is 2.29 bits per heavy atom. The number of aliphatic hydroxyl groups is 1. The number of anilines is 1. The van der Waals surface area contributed by atoms with Crippen molar-refractivity contribution in [1.82, 2.24) is 0 Å².